The Morgan fingerprint density at radius 3 is 2.75 bits per heavy atom. The fourth-order valence-corrected chi connectivity index (χ4v) is 1.68. The fraction of sp³-hybridized carbons (Fsp3) is 0.417. The Morgan fingerprint density at radius 2 is 2.25 bits per heavy atom. The number of nitrogens with zero attached hydrogens (tertiary/aromatic N) is 1. The molecule has 0 fully saturated rings. The maximum absolute atomic E-state index is 11.5. The molecule has 0 amide bonds. The van der Waals surface area contributed by atoms with Crippen LogP contribution in [0.5, 0.6) is 0 Å². The lowest BCUT2D eigenvalue weighted by Gasteiger charge is -2.28. The number of likely N-dealkylation sites (N-methyl/N-ethyl adjacent to an activating group) is 1. The zero-order valence-corrected chi connectivity index (χ0v) is 9.93. The van der Waals surface area contributed by atoms with E-state index >= 15 is 0 Å². The minimum Gasteiger partial charge on any atom is -0.467 e. The summed E-state index contributed by atoms with van der Waals surface area (Å²) in [5, 5.41) is 0. The van der Waals surface area contributed by atoms with E-state index < -0.39 is 0 Å². The number of methoxy groups -OCH3 is 1. The zero-order valence-electron chi connectivity index (χ0n) is 9.93. The molecule has 0 saturated carbocycles. The molecule has 1 unspecified atom stereocenters. The molecule has 2 N–H and O–H groups in total. The summed E-state index contributed by atoms with van der Waals surface area (Å²) in [7, 11) is 1.39. The average Bonchev–Trinajstić information content (AvgIpc) is 2.29. The van der Waals surface area contributed by atoms with E-state index in [0.717, 1.165) is 12.2 Å². The van der Waals surface area contributed by atoms with Crippen molar-refractivity contribution in [2.75, 3.05) is 24.3 Å². The number of hydrogen-bond acceptors (Lipinski definition) is 4. The van der Waals surface area contributed by atoms with Crippen molar-refractivity contribution in [3.05, 3.63) is 24.3 Å². The van der Waals surface area contributed by atoms with Crippen LogP contribution in [0.1, 0.15) is 13.8 Å². The van der Waals surface area contributed by atoms with Gasteiger partial charge in [0.05, 0.1) is 7.11 Å². The molecule has 0 aromatic heterocycles. The molecular weight excluding hydrogens is 204 g/mol. The first-order valence-corrected chi connectivity index (χ1v) is 5.30. The van der Waals surface area contributed by atoms with E-state index in [2.05, 4.69) is 0 Å². The van der Waals surface area contributed by atoms with Crippen molar-refractivity contribution in [1.29, 1.82) is 0 Å². The monoisotopic (exact) mass is 222 g/mol. The lowest BCUT2D eigenvalue weighted by atomic mass is 10.2. The molecule has 4 heteroatoms. The van der Waals surface area contributed by atoms with Gasteiger partial charge in [-0.05, 0) is 32.0 Å². The van der Waals surface area contributed by atoms with Gasteiger partial charge in [-0.3, -0.25) is 0 Å². The molecular formula is C12H18N2O2. The molecule has 0 bridgehead atoms. The highest BCUT2D eigenvalue weighted by molar-refractivity contribution is 5.79. The predicted molar refractivity (Wildman–Crippen MR) is 65.4 cm³/mol. The molecule has 4 nitrogen and oxygen atoms in total. The second-order valence-corrected chi connectivity index (χ2v) is 3.58. The van der Waals surface area contributed by atoms with Gasteiger partial charge in [0.1, 0.15) is 6.04 Å². The van der Waals surface area contributed by atoms with Crippen LogP contribution < -0.4 is 10.6 Å². The molecule has 0 aliphatic carbocycles. The van der Waals surface area contributed by atoms with Gasteiger partial charge in [-0.15, -0.1) is 0 Å². The highest BCUT2D eigenvalue weighted by Crippen LogP contribution is 2.19. The van der Waals surface area contributed by atoms with E-state index in [0.29, 0.717) is 5.69 Å². The topological polar surface area (TPSA) is 55.6 Å². The molecule has 0 radical (unpaired) electrons. The Kier molecular flexibility index (Phi) is 4.17. The van der Waals surface area contributed by atoms with Crippen LogP contribution in [-0.2, 0) is 9.53 Å². The third-order valence-corrected chi connectivity index (χ3v) is 2.55. The number of ether oxygens (including phenoxy) is 1. The van der Waals surface area contributed by atoms with Crippen LogP contribution in [-0.4, -0.2) is 25.7 Å². The predicted octanol–water partition coefficient (Wildman–Crippen LogP) is 1.66. The smallest absolute Gasteiger partial charge is 0.328 e. The van der Waals surface area contributed by atoms with E-state index in [-0.39, 0.29) is 12.0 Å². The number of nitrogens with two attached hydrogens (primary N) is 1. The Hall–Kier alpha value is -1.71. The van der Waals surface area contributed by atoms with Crippen LogP contribution in [0.3, 0.4) is 0 Å². The van der Waals surface area contributed by atoms with E-state index in [1.54, 1.807) is 0 Å². The Bertz CT molecular complexity index is 366. The SMILES string of the molecule is CCN(c1cccc(N)c1)C(C)C(=O)OC. The summed E-state index contributed by atoms with van der Waals surface area (Å²) < 4.78 is 4.73. The van der Waals surface area contributed by atoms with Crippen LogP contribution >= 0.6 is 0 Å². The molecule has 0 spiro atoms. The summed E-state index contributed by atoms with van der Waals surface area (Å²) in [6, 6.07) is 7.16. The van der Waals surface area contributed by atoms with Crippen LogP contribution in [0.4, 0.5) is 11.4 Å². The summed E-state index contributed by atoms with van der Waals surface area (Å²) in [5.41, 5.74) is 7.34. The van der Waals surface area contributed by atoms with Gasteiger partial charge in [0.25, 0.3) is 0 Å². The molecule has 0 heterocycles. The van der Waals surface area contributed by atoms with E-state index in [4.69, 9.17) is 10.5 Å². The average molecular weight is 222 g/mol. The first-order valence-electron chi connectivity index (χ1n) is 5.30. The fourth-order valence-electron chi connectivity index (χ4n) is 1.68. The first-order chi connectivity index (χ1) is 7.60. The Balaban J connectivity index is 2.94. The molecule has 1 rings (SSSR count). The number of nitrogen functional groups attached to an aromatic ring is 1. The van der Waals surface area contributed by atoms with Crippen molar-refractivity contribution in [3.8, 4) is 0 Å². The van der Waals surface area contributed by atoms with Gasteiger partial charge in [-0.2, -0.15) is 0 Å². The van der Waals surface area contributed by atoms with Gasteiger partial charge in [-0.1, -0.05) is 6.07 Å². The van der Waals surface area contributed by atoms with Crippen molar-refractivity contribution in [2.24, 2.45) is 0 Å². The third-order valence-electron chi connectivity index (χ3n) is 2.55. The van der Waals surface area contributed by atoms with Crippen molar-refractivity contribution in [2.45, 2.75) is 19.9 Å². The van der Waals surface area contributed by atoms with Gasteiger partial charge >= 0.3 is 5.97 Å². The summed E-state index contributed by atoms with van der Waals surface area (Å²) in [5.74, 6) is -0.246. The minimum atomic E-state index is -0.309. The highest BCUT2D eigenvalue weighted by atomic mass is 16.5. The molecule has 1 aromatic carbocycles. The largest absolute Gasteiger partial charge is 0.467 e. The number of carbonyl (C=O) groups is 1. The van der Waals surface area contributed by atoms with Crippen LogP contribution in [0.25, 0.3) is 0 Å². The van der Waals surface area contributed by atoms with Gasteiger partial charge in [0.15, 0.2) is 0 Å². The Morgan fingerprint density at radius 1 is 1.56 bits per heavy atom. The molecule has 1 aromatic rings. The number of benzene rings is 1. The van der Waals surface area contributed by atoms with Gasteiger partial charge < -0.3 is 15.4 Å². The van der Waals surface area contributed by atoms with Crippen molar-refractivity contribution in [1.82, 2.24) is 0 Å². The van der Waals surface area contributed by atoms with E-state index in [1.807, 2.05) is 43.0 Å². The van der Waals surface area contributed by atoms with Crippen LogP contribution in [0, 0.1) is 0 Å². The van der Waals surface area contributed by atoms with Gasteiger partial charge in [0.2, 0.25) is 0 Å². The van der Waals surface area contributed by atoms with Crippen LogP contribution in [0.15, 0.2) is 24.3 Å². The lowest BCUT2D eigenvalue weighted by Crippen LogP contribution is -2.39. The number of carbonyl (C=O) groups excluding carboxylic acids is 1. The van der Waals surface area contributed by atoms with Crippen molar-refractivity contribution >= 4 is 17.3 Å². The summed E-state index contributed by atoms with van der Waals surface area (Å²) in [6.07, 6.45) is 0. The normalized spacial score (nSPS) is 11.9. The van der Waals surface area contributed by atoms with Gasteiger partial charge in [-0.25, -0.2) is 4.79 Å². The zero-order chi connectivity index (χ0) is 12.1. The number of rotatable bonds is 4. The minimum absolute atomic E-state index is 0.246. The number of esters is 1. The number of anilines is 2. The van der Waals surface area contributed by atoms with E-state index in [1.165, 1.54) is 7.11 Å². The second-order valence-electron chi connectivity index (χ2n) is 3.58. The molecule has 16 heavy (non-hydrogen) atoms. The maximum atomic E-state index is 11.5. The van der Waals surface area contributed by atoms with Crippen LogP contribution in [0.2, 0.25) is 0 Å². The molecule has 0 saturated heterocycles. The molecule has 0 aliphatic heterocycles. The summed E-state index contributed by atoms with van der Waals surface area (Å²) in [4.78, 5) is 13.4. The van der Waals surface area contributed by atoms with Crippen molar-refractivity contribution < 1.29 is 9.53 Å². The standard InChI is InChI=1S/C12H18N2O2/c1-4-14(9(2)12(15)16-3)11-7-5-6-10(13)8-11/h5-9H,4,13H2,1-3H3. The molecule has 0 aliphatic rings. The molecule has 88 valence electrons. The first kappa shape index (κ1) is 12.4. The van der Waals surface area contributed by atoms with Gasteiger partial charge in [0, 0.05) is 17.9 Å². The molecule has 1 atom stereocenters. The van der Waals surface area contributed by atoms with E-state index in [9.17, 15) is 4.79 Å². The lowest BCUT2D eigenvalue weighted by molar-refractivity contribution is -0.141. The number of hydrogen-bond donors (Lipinski definition) is 1. The van der Waals surface area contributed by atoms with Crippen molar-refractivity contribution in [3.63, 3.8) is 0 Å². The second kappa shape index (κ2) is 5.39. The quantitative estimate of drug-likeness (QED) is 0.621. The summed E-state index contributed by atoms with van der Waals surface area (Å²) >= 11 is 0. The highest BCUT2D eigenvalue weighted by Gasteiger charge is 2.20. The Labute approximate surface area is 96.0 Å². The maximum Gasteiger partial charge on any atom is 0.328 e. The third kappa shape index (κ3) is 2.66. The summed E-state index contributed by atoms with van der Waals surface area (Å²) in [6.45, 7) is 4.53.